The van der Waals surface area contributed by atoms with E-state index in [0.717, 1.165) is 12.0 Å². The summed E-state index contributed by atoms with van der Waals surface area (Å²) in [5.41, 5.74) is 2.30. The molecule has 1 aliphatic rings. The maximum absolute atomic E-state index is 12.6. The van der Waals surface area contributed by atoms with Gasteiger partial charge < -0.3 is 0 Å². The van der Waals surface area contributed by atoms with Crippen LogP contribution in [-0.2, 0) is 23.0 Å². The lowest BCUT2D eigenvalue weighted by molar-refractivity contribution is 0.391. The standard InChI is InChI=1S/C14H13BrN2O2S/c15-13-7-14(9-16-8-13)20(18,19)17-6-5-11-3-1-2-4-12(11)10-17/h1-4,7-9H,5-6,10H2. The van der Waals surface area contributed by atoms with Gasteiger partial charge in [0.2, 0.25) is 10.0 Å². The number of hydrogen-bond donors (Lipinski definition) is 0. The first-order valence-electron chi connectivity index (χ1n) is 6.25. The molecule has 0 saturated carbocycles. The van der Waals surface area contributed by atoms with Gasteiger partial charge in [0.15, 0.2) is 0 Å². The van der Waals surface area contributed by atoms with Crippen LogP contribution in [0, 0.1) is 0 Å². The summed E-state index contributed by atoms with van der Waals surface area (Å²) in [6, 6.07) is 9.55. The molecule has 2 heterocycles. The maximum atomic E-state index is 12.6. The molecule has 0 radical (unpaired) electrons. The summed E-state index contributed by atoms with van der Waals surface area (Å²) in [5, 5.41) is 0. The predicted octanol–water partition coefficient (Wildman–Crippen LogP) is 2.59. The Balaban J connectivity index is 1.94. The minimum absolute atomic E-state index is 0.228. The Morgan fingerprint density at radius 3 is 2.65 bits per heavy atom. The van der Waals surface area contributed by atoms with Gasteiger partial charge in [0.1, 0.15) is 4.90 Å². The van der Waals surface area contributed by atoms with Crippen LogP contribution in [0.5, 0.6) is 0 Å². The molecule has 0 spiro atoms. The molecule has 3 rings (SSSR count). The Labute approximate surface area is 126 Å². The van der Waals surface area contributed by atoms with E-state index in [1.165, 1.54) is 16.1 Å². The summed E-state index contributed by atoms with van der Waals surface area (Å²) in [5.74, 6) is 0. The van der Waals surface area contributed by atoms with Crippen LogP contribution in [0.3, 0.4) is 0 Å². The summed E-state index contributed by atoms with van der Waals surface area (Å²) in [4.78, 5) is 4.16. The molecular weight excluding hydrogens is 340 g/mol. The van der Waals surface area contributed by atoms with Crippen molar-refractivity contribution in [3.8, 4) is 0 Å². The molecule has 2 aromatic rings. The second-order valence-corrected chi connectivity index (χ2v) is 7.55. The molecule has 6 heteroatoms. The molecule has 1 aromatic carbocycles. The molecule has 0 aliphatic carbocycles. The SMILES string of the molecule is O=S(=O)(c1cncc(Br)c1)N1CCc2ccccc2C1. The molecule has 0 N–H and O–H groups in total. The van der Waals surface area contributed by atoms with Crippen LogP contribution < -0.4 is 0 Å². The summed E-state index contributed by atoms with van der Waals surface area (Å²) >= 11 is 3.26. The highest BCUT2D eigenvalue weighted by Crippen LogP contribution is 2.25. The molecule has 20 heavy (non-hydrogen) atoms. The number of sulfonamides is 1. The molecule has 0 fully saturated rings. The fourth-order valence-electron chi connectivity index (χ4n) is 2.36. The van der Waals surface area contributed by atoms with Crippen LogP contribution in [-0.4, -0.2) is 24.3 Å². The van der Waals surface area contributed by atoms with Gasteiger partial charge in [-0.15, -0.1) is 0 Å². The molecule has 0 bridgehead atoms. The number of pyridine rings is 1. The van der Waals surface area contributed by atoms with Crippen molar-refractivity contribution >= 4 is 26.0 Å². The average Bonchev–Trinajstić information content (AvgIpc) is 2.46. The highest BCUT2D eigenvalue weighted by Gasteiger charge is 2.28. The van der Waals surface area contributed by atoms with Gasteiger partial charge in [-0.1, -0.05) is 24.3 Å². The molecule has 104 valence electrons. The van der Waals surface area contributed by atoms with E-state index in [1.54, 1.807) is 12.3 Å². The van der Waals surface area contributed by atoms with Crippen molar-refractivity contribution in [1.82, 2.24) is 9.29 Å². The summed E-state index contributed by atoms with van der Waals surface area (Å²) in [7, 11) is -3.49. The van der Waals surface area contributed by atoms with E-state index in [4.69, 9.17) is 0 Å². The largest absolute Gasteiger partial charge is 0.262 e. The Bertz CT molecular complexity index is 746. The van der Waals surface area contributed by atoms with E-state index in [-0.39, 0.29) is 4.90 Å². The minimum atomic E-state index is -3.49. The fourth-order valence-corrected chi connectivity index (χ4v) is 4.28. The number of fused-ring (bicyclic) bond motifs is 1. The third kappa shape index (κ3) is 2.51. The lowest BCUT2D eigenvalue weighted by atomic mass is 10.0. The predicted molar refractivity (Wildman–Crippen MR) is 79.7 cm³/mol. The topological polar surface area (TPSA) is 50.3 Å². The Morgan fingerprint density at radius 1 is 1.15 bits per heavy atom. The van der Waals surface area contributed by atoms with Crippen molar-refractivity contribution in [2.45, 2.75) is 17.9 Å². The van der Waals surface area contributed by atoms with Gasteiger partial charge in [-0.3, -0.25) is 4.98 Å². The third-order valence-electron chi connectivity index (χ3n) is 3.41. The van der Waals surface area contributed by atoms with Crippen molar-refractivity contribution in [3.05, 3.63) is 58.3 Å². The zero-order valence-electron chi connectivity index (χ0n) is 10.7. The molecule has 1 aromatic heterocycles. The lowest BCUT2D eigenvalue weighted by Crippen LogP contribution is -2.36. The van der Waals surface area contributed by atoms with Crippen LogP contribution >= 0.6 is 15.9 Å². The quantitative estimate of drug-likeness (QED) is 0.834. The Hall–Kier alpha value is -1.24. The van der Waals surface area contributed by atoms with E-state index in [9.17, 15) is 8.42 Å². The zero-order valence-corrected chi connectivity index (χ0v) is 13.1. The monoisotopic (exact) mass is 352 g/mol. The van der Waals surface area contributed by atoms with Crippen molar-refractivity contribution in [2.24, 2.45) is 0 Å². The highest BCUT2D eigenvalue weighted by molar-refractivity contribution is 9.10. The molecule has 0 unspecified atom stereocenters. The van der Waals surface area contributed by atoms with Crippen molar-refractivity contribution in [2.75, 3.05) is 6.54 Å². The van der Waals surface area contributed by atoms with Crippen LogP contribution in [0.25, 0.3) is 0 Å². The van der Waals surface area contributed by atoms with Crippen molar-refractivity contribution < 1.29 is 8.42 Å². The van der Waals surface area contributed by atoms with Gasteiger partial charge in [0, 0.05) is 30.0 Å². The first kappa shape index (κ1) is 13.7. The van der Waals surface area contributed by atoms with Gasteiger partial charge in [0.05, 0.1) is 0 Å². The minimum Gasteiger partial charge on any atom is -0.262 e. The van der Waals surface area contributed by atoms with Gasteiger partial charge >= 0.3 is 0 Å². The van der Waals surface area contributed by atoms with Gasteiger partial charge in [0.25, 0.3) is 0 Å². The lowest BCUT2D eigenvalue weighted by Gasteiger charge is -2.27. The van der Waals surface area contributed by atoms with Crippen molar-refractivity contribution in [3.63, 3.8) is 0 Å². The number of rotatable bonds is 2. The molecular formula is C14H13BrN2O2S. The second-order valence-electron chi connectivity index (χ2n) is 4.70. The van der Waals surface area contributed by atoms with Crippen LogP contribution in [0.2, 0.25) is 0 Å². The maximum Gasteiger partial charge on any atom is 0.244 e. The van der Waals surface area contributed by atoms with Crippen LogP contribution in [0.15, 0.2) is 52.1 Å². The number of nitrogens with zero attached hydrogens (tertiary/aromatic N) is 2. The summed E-state index contributed by atoms with van der Waals surface area (Å²) < 4.78 is 27.4. The van der Waals surface area contributed by atoms with E-state index in [0.29, 0.717) is 17.6 Å². The van der Waals surface area contributed by atoms with E-state index in [1.807, 2.05) is 18.2 Å². The summed E-state index contributed by atoms with van der Waals surface area (Å²) in [6.07, 6.45) is 3.71. The molecule has 0 amide bonds. The Morgan fingerprint density at radius 2 is 1.90 bits per heavy atom. The Kier molecular flexibility index (Phi) is 3.62. The fraction of sp³-hybridized carbons (Fsp3) is 0.214. The second kappa shape index (κ2) is 5.27. The smallest absolute Gasteiger partial charge is 0.244 e. The van der Waals surface area contributed by atoms with Crippen LogP contribution in [0.4, 0.5) is 0 Å². The number of aromatic nitrogens is 1. The molecule has 0 atom stereocenters. The number of benzene rings is 1. The first-order valence-corrected chi connectivity index (χ1v) is 8.48. The van der Waals surface area contributed by atoms with E-state index in [2.05, 4.69) is 27.0 Å². The molecule has 1 aliphatic heterocycles. The number of hydrogen-bond acceptors (Lipinski definition) is 3. The van der Waals surface area contributed by atoms with Gasteiger partial charge in [-0.25, -0.2) is 8.42 Å². The zero-order chi connectivity index (χ0) is 14.2. The van der Waals surface area contributed by atoms with Gasteiger partial charge in [-0.05, 0) is 39.5 Å². The van der Waals surface area contributed by atoms with E-state index >= 15 is 0 Å². The normalized spacial score (nSPS) is 15.8. The molecule has 4 nitrogen and oxygen atoms in total. The summed E-state index contributed by atoms with van der Waals surface area (Å²) in [6.45, 7) is 0.927. The molecule has 0 saturated heterocycles. The number of halogens is 1. The van der Waals surface area contributed by atoms with E-state index < -0.39 is 10.0 Å². The average molecular weight is 353 g/mol. The van der Waals surface area contributed by atoms with Crippen LogP contribution in [0.1, 0.15) is 11.1 Å². The third-order valence-corrected chi connectivity index (χ3v) is 5.66. The van der Waals surface area contributed by atoms with Crippen molar-refractivity contribution in [1.29, 1.82) is 0 Å². The first-order chi connectivity index (χ1) is 9.57. The van der Waals surface area contributed by atoms with Gasteiger partial charge in [-0.2, -0.15) is 4.31 Å². The highest BCUT2D eigenvalue weighted by atomic mass is 79.9.